The van der Waals surface area contributed by atoms with Crippen LogP contribution in [0, 0.1) is 6.92 Å². The van der Waals surface area contributed by atoms with E-state index in [1.807, 2.05) is 6.92 Å². The average molecular weight is 466 g/mol. The van der Waals surface area contributed by atoms with Crippen molar-refractivity contribution in [2.24, 2.45) is 0 Å². The molecule has 29 heavy (non-hydrogen) atoms. The standard InChI is InChI=1S/C20H15BrF3N3O2/c1-10-6-16(15(25)8-14(10)21)27-19(29)17-7-11(9-26-17)18(28)12-4-2-3-5-13(12)20(22,23)24/h2-9,26H,25H2,1H3,(H,27,29). The molecule has 0 saturated carbocycles. The molecule has 3 rings (SSSR count). The number of carbonyl (C=O) groups excluding carboxylic acids is 2. The van der Waals surface area contributed by atoms with Gasteiger partial charge in [0.1, 0.15) is 5.69 Å². The third-order valence-corrected chi connectivity index (χ3v) is 5.10. The monoisotopic (exact) mass is 465 g/mol. The second-order valence-electron chi connectivity index (χ2n) is 6.32. The first-order chi connectivity index (χ1) is 13.6. The lowest BCUT2D eigenvalue weighted by Gasteiger charge is -2.11. The average Bonchev–Trinajstić information content (AvgIpc) is 3.15. The third-order valence-electron chi connectivity index (χ3n) is 4.25. The second kappa shape index (κ2) is 7.75. The van der Waals surface area contributed by atoms with Gasteiger partial charge in [0.2, 0.25) is 0 Å². The molecule has 1 amide bonds. The van der Waals surface area contributed by atoms with Crippen LogP contribution < -0.4 is 11.1 Å². The summed E-state index contributed by atoms with van der Waals surface area (Å²) in [4.78, 5) is 27.6. The van der Waals surface area contributed by atoms with E-state index in [0.717, 1.165) is 22.2 Å². The normalized spacial score (nSPS) is 11.3. The number of hydrogen-bond donors (Lipinski definition) is 3. The summed E-state index contributed by atoms with van der Waals surface area (Å²) in [5.41, 5.74) is 5.87. The highest BCUT2D eigenvalue weighted by molar-refractivity contribution is 9.10. The number of rotatable bonds is 4. The van der Waals surface area contributed by atoms with Gasteiger partial charge >= 0.3 is 6.18 Å². The van der Waals surface area contributed by atoms with Crippen molar-refractivity contribution >= 4 is 39.0 Å². The number of aryl methyl sites for hydroxylation is 1. The Labute approximate surface area is 172 Å². The molecular weight excluding hydrogens is 451 g/mol. The zero-order valence-electron chi connectivity index (χ0n) is 15.0. The Kier molecular flexibility index (Phi) is 5.52. The van der Waals surface area contributed by atoms with Gasteiger partial charge in [-0.3, -0.25) is 9.59 Å². The highest BCUT2D eigenvalue weighted by atomic mass is 79.9. The molecule has 4 N–H and O–H groups in total. The fourth-order valence-corrected chi connectivity index (χ4v) is 3.10. The number of hydrogen-bond acceptors (Lipinski definition) is 3. The molecule has 1 heterocycles. The summed E-state index contributed by atoms with van der Waals surface area (Å²) in [5.74, 6) is -1.42. The number of halogens is 4. The summed E-state index contributed by atoms with van der Waals surface area (Å²) >= 11 is 3.34. The molecule has 0 spiro atoms. The molecule has 150 valence electrons. The molecule has 0 bridgehead atoms. The van der Waals surface area contributed by atoms with Crippen molar-refractivity contribution in [1.29, 1.82) is 0 Å². The summed E-state index contributed by atoms with van der Waals surface area (Å²) in [5, 5.41) is 2.61. The summed E-state index contributed by atoms with van der Waals surface area (Å²) in [6, 6.07) is 9.01. The molecule has 0 unspecified atom stereocenters. The van der Waals surface area contributed by atoms with E-state index in [9.17, 15) is 22.8 Å². The van der Waals surface area contributed by atoms with Crippen LogP contribution in [0.4, 0.5) is 24.5 Å². The molecular formula is C20H15BrF3N3O2. The zero-order chi connectivity index (χ0) is 21.3. The highest BCUT2D eigenvalue weighted by Gasteiger charge is 2.35. The van der Waals surface area contributed by atoms with E-state index in [4.69, 9.17) is 5.73 Å². The molecule has 1 aromatic heterocycles. The number of H-pyrrole nitrogens is 1. The van der Waals surface area contributed by atoms with Crippen molar-refractivity contribution in [3.05, 3.63) is 81.1 Å². The van der Waals surface area contributed by atoms with Gasteiger partial charge in [0.05, 0.1) is 16.9 Å². The number of aromatic nitrogens is 1. The Morgan fingerprint density at radius 1 is 1.14 bits per heavy atom. The number of ketones is 1. The fourth-order valence-electron chi connectivity index (χ4n) is 2.74. The number of nitrogens with one attached hydrogen (secondary N) is 2. The predicted molar refractivity (Wildman–Crippen MR) is 107 cm³/mol. The van der Waals surface area contributed by atoms with Crippen LogP contribution in [0.25, 0.3) is 0 Å². The molecule has 0 saturated heterocycles. The maximum absolute atomic E-state index is 13.2. The van der Waals surface area contributed by atoms with Crippen molar-refractivity contribution in [3.63, 3.8) is 0 Å². The number of carbonyl (C=O) groups is 2. The van der Waals surface area contributed by atoms with E-state index in [1.54, 1.807) is 12.1 Å². The Morgan fingerprint density at radius 3 is 2.52 bits per heavy atom. The second-order valence-corrected chi connectivity index (χ2v) is 7.17. The summed E-state index contributed by atoms with van der Waals surface area (Å²) in [7, 11) is 0. The van der Waals surface area contributed by atoms with Crippen LogP contribution >= 0.6 is 15.9 Å². The first kappa shape index (κ1) is 20.7. The Bertz CT molecular complexity index is 1110. The largest absolute Gasteiger partial charge is 0.417 e. The van der Waals surface area contributed by atoms with Gasteiger partial charge < -0.3 is 16.0 Å². The van der Waals surface area contributed by atoms with Crippen LogP contribution in [0.5, 0.6) is 0 Å². The molecule has 5 nitrogen and oxygen atoms in total. The molecule has 0 fully saturated rings. The van der Waals surface area contributed by atoms with Crippen molar-refractivity contribution in [2.75, 3.05) is 11.1 Å². The smallest absolute Gasteiger partial charge is 0.397 e. The van der Waals surface area contributed by atoms with Crippen LogP contribution in [0.15, 0.2) is 53.1 Å². The van der Waals surface area contributed by atoms with Gasteiger partial charge in [-0.2, -0.15) is 13.2 Å². The first-order valence-electron chi connectivity index (χ1n) is 8.34. The minimum Gasteiger partial charge on any atom is -0.397 e. The van der Waals surface area contributed by atoms with Gasteiger partial charge in [-0.05, 0) is 36.8 Å². The minimum atomic E-state index is -4.67. The lowest BCUT2D eigenvalue weighted by atomic mass is 9.99. The predicted octanol–water partition coefficient (Wildman–Crippen LogP) is 5.17. The molecule has 0 aliphatic heterocycles. The van der Waals surface area contributed by atoms with Crippen molar-refractivity contribution < 1.29 is 22.8 Å². The van der Waals surface area contributed by atoms with E-state index in [2.05, 4.69) is 26.2 Å². The number of benzene rings is 2. The van der Waals surface area contributed by atoms with Crippen molar-refractivity contribution in [1.82, 2.24) is 4.98 Å². The molecule has 0 atom stereocenters. The summed E-state index contributed by atoms with van der Waals surface area (Å²) in [6.45, 7) is 1.82. The van der Waals surface area contributed by atoms with Crippen LogP contribution in [0.2, 0.25) is 0 Å². The lowest BCUT2D eigenvalue weighted by molar-refractivity contribution is -0.137. The Balaban J connectivity index is 1.85. The summed E-state index contributed by atoms with van der Waals surface area (Å²) < 4.78 is 40.3. The Morgan fingerprint density at radius 2 is 1.83 bits per heavy atom. The minimum absolute atomic E-state index is 0.0119. The number of amides is 1. The van der Waals surface area contributed by atoms with E-state index in [1.165, 1.54) is 24.4 Å². The lowest BCUT2D eigenvalue weighted by Crippen LogP contribution is -2.14. The maximum Gasteiger partial charge on any atom is 0.417 e. The van der Waals surface area contributed by atoms with Gasteiger partial charge in [0, 0.05) is 21.8 Å². The zero-order valence-corrected chi connectivity index (χ0v) is 16.6. The Hall–Kier alpha value is -3.07. The first-order valence-corrected chi connectivity index (χ1v) is 9.13. The van der Waals surface area contributed by atoms with Crippen LogP contribution in [-0.2, 0) is 6.18 Å². The number of alkyl halides is 3. The van der Waals surface area contributed by atoms with Gasteiger partial charge in [-0.25, -0.2) is 0 Å². The van der Waals surface area contributed by atoms with Crippen molar-refractivity contribution in [2.45, 2.75) is 13.1 Å². The molecule has 0 aliphatic rings. The van der Waals surface area contributed by atoms with Gasteiger partial charge in [0.25, 0.3) is 5.91 Å². The molecule has 9 heteroatoms. The van der Waals surface area contributed by atoms with Gasteiger partial charge in [0.15, 0.2) is 5.78 Å². The van der Waals surface area contributed by atoms with E-state index >= 15 is 0 Å². The van der Waals surface area contributed by atoms with Gasteiger partial charge in [-0.15, -0.1) is 0 Å². The fraction of sp³-hybridized carbons (Fsp3) is 0.100. The van der Waals surface area contributed by atoms with E-state index < -0.39 is 29.0 Å². The number of anilines is 2. The number of nitrogens with two attached hydrogens (primary N) is 1. The quantitative estimate of drug-likeness (QED) is 0.366. The summed E-state index contributed by atoms with van der Waals surface area (Å²) in [6.07, 6.45) is -3.47. The van der Waals surface area contributed by atoms with E-state index in [0.29, 0.717) is 11.4 Å². The number of nitrogen functional groups attached to an aromatic ring is 1. The number of aromatic amines is 1. The molecule has 3 aromatic rings. The highest BCUT2D eigenvalue weighted by Crippen LogP contribution is 2.33. The van der Waals surface area contributed by atoms with Crippen LogP contribution in [0.3, 0.4) is 0 Å². The SMILES string of the molecule is Cc1cc(NC(=O)c2cc(C(=O)c3ccccc3C(F)(F)F)c[nH]2)c(N)cc1Br. The maximum atomic E-state index is 13.2. The van der Waals surface area contributed by atoms with Crippen LogP contribution in [-0.4, -0.2) is 16.7 Å². The molecule has 2 aromatic carbocycles. The van der Waals surface area contributed by atoms with E-state index in [-0.39, 0.29) is 11.3 Å². The molecule has 0 radical (unpaired) electrons. The molecule has 0 aliphatic carbocycles. The van der Waals surface area contributed by atoms with Gasteiger partial charge in [-0.1, -0.05) is 34.1 Å². The third kappa shape index (κ3) is 4.34. The van der Waals surface area contributed by atoms with Crippen molar-refractivity contribution in [3.8, 4) is 0 Å². The topological polar surface area (TPSA) is 88.0 Å². The van der Waals surface area contributed by atoms with Crippen LogP contribution in [0.1, 0.15) is 37.5 Å².